The van der Waals surface area contributed by atoms with E-state index in [4.69, 9.17) is 0 Å². The van der Waals surface area contributed by atoms with Gasteiger partial charge in [0.05, 0.1) is 0 Å². The van der Waals surface area contributed by atoms with Crippen molar-refractivity contribution in [1.82, 2.24) is 9.80 Å². The minimum absolute atomic E-state index is 0.0691. The molecule has 1 fully saturated rings. The molecule has 0 bridgehead atoms. The van der Waals surface area contributed by atoms with Gasteiger partial charge < -0.3 is 4.90 Å². The summed E-state index contributed by atoms with van der Waals surface area (Å²) in [5.41, 5.74) is 0.719. The molecule has 240 valence electrons. The minimum Gasteiger partial charge on any atom is -0.335 e. The minimum atomic E-state index is -8.73. The number of carbonyl (C=O) groups excluding carboxylic acids is 1. The van der Waals surface area contributed by atoms with Crippen LogP contribution in [0.2, 0.25) is 0 Å². The predicted octanol–water partition coefficient (Wildman–Crippen LogP) is 6.85. The molecular weight excluding hydrogens is 631 g/mol. The molecule has 0 atom stereocenters. The molecule has 0 aromatic heterocycles. The Kier molecular flexibility index (Phi) is 9.30. The zero-order chi connectivity index (χ0) is 32.8. The summed E-state index contributed by atoms with van der Waals surface area (Å²) in [4.78, 5) is 13.1. The first-order valence-electron chi connectivity index (χ1n) is 11.2. The van der Waals surface area contributed by atoms with E-state index in [1.165, 1.54) is 11.0 Å². The van der Waals surface area contributed by atoms with E-state index in [-0.39, 0.29) is 11.4 Å². The summed E-state index contributed by atoms with van der Waals surface area (Å²) >= 11 is 0. The number of rotatable bonds is 10. The molecule has 1 aromatic rings. The highest BCUT2D eigenvalue weighted by molar-refractivity contribution is 5.85. The van der Waals surface area contributed by atoms with Gasteiger partial charge in [0.15, 0.2) is 0 Å². The van der Waals surface area contributed by atoms with Gasteiger partial charge in [0.25, 0.3) is 5.91 Å². The smallest absolute Gasteiger partial charge is 0.335 e. The maximum atomic E-state index is 14.3. The number of nitrogens with zero attached hydrogens (tertiary/aromatic N) is 2. The van der Waals surface area contributed by atoms with E-state index in [1.54, 1.807) is 36.4 Å². The fourth-order valence-electron chi connectivity index (χ4n) is 3.53. The van der Waals surface area contributed by atoms with E-state index in [1.807, 2.05) is 0 Å². The van der Waals surface area contributed by atoms with Crippen molar-refractivity contribution in [3.05, 3.63) is 42.0 Å². The zero-order valence-corrected chi connectivity index (χ0v) is 20.3. The predicted molar refractivity (Wildman–Crippen MR) is 109 cm³/mol. The first-order chi connectivity index (χ1) is 18.7. The molecule has 3 nitrogen and oxygen atoms in total. The molecule has 20 heteroatoms. The van der Waals surface area contributed by atoms with E-state index >= 15 is 0 Å². The van der Waals surface area contributed by atoms with E-state index in [2.05, 4.69) is 0 Å². The van der Waals surface area contributed by atoms with Crippen LogP contribution in [0.15, 0.2) is 36.4 Å². The fraction of sp³-hybridized carbons (Fsp3) is 0.591. The standard InChI is InChI=1S/C22H17F17N2O/c23-15(24,14(42)41-11-9-40(10-12-41)8-4-7-13-5-2-1-3-6-13)16(25,26)17(27,28)18(29,30)19(31,32)20(33,34)21(35,36)22(37,38)39/h1-7H,8-12H2/b7-4+. The number of carbonyl (C=O) groups is 1. The van der Waals surface area contributed by atoms with Gasteiger partial charge in [-0.25, -0.2) is 0 Å². The fourth-order valence-corrected chi connectivity index (χ4v) is 3.53. The van der Waals surface area contributed by atoms with Crippen LogP contribution in [0.3, 0.4) is 0 Å². The summed E-state index contributed by atoms with van der Waals surface area (Å²) in [5.74, 6) is -61.2. The number of hydrogen-bond donors (Lipinski definition) is 0. The van der Waals surface area contributed by atoms with Crippen molar-refractivity contribution in [2.45, 2.75) is 47.6 Å². The Morgan fingerprint density at radius 2 is 1.00 bits per heavy atom. The summed E-state index contributed by atoms with van der Waals surface area (Å²) in [7, 11) is 0. The first kappa shape index (κ1) is 35.4. The largest absolute Gasteiger partial charge is 0.460 e. The van der Waals surface area contributed by atoms with E-state index in [0.717, 1.165) is 5.56 Å². The van der Waals surface area contributed by atoms with Gasteiger partial charge in [-0.2, -0.15) is 74.6 Å². The van der Waals surface area contributed by atoms with Crippen LogP contribution >= 0.6 is 0 Å². The van der Waals surface area contributed by atoms with Crippen molar-refractivity contribution in [2.24, 2.45) is 0 Å². The maximum absolute atomic E-state index is 14.3. The molecule has 1 aromatic carbocycles. The van der Waals surface area contributed by atoms with Crippen LogP contribution < -0.4 is 0 Å². The molecule has 1 saturated heterocycles. The highest BCUT2D eigenvalue weighted by atomic mass is 19.4. The normalized spacial score (nSPS) is 17.7. The third kappa shape index (κ3) is 5.49. The van der Waals surface area contributed by atoms with Gasteiger partial charge in [0.2, 0.25) is 0 Å². The molecule has 2 rings (SSSR count). The Hall–Kier alpha value is -2.80. The van der Waals surface area contributed by atoms with Crippen molar-refractivity contribution in [2.75, 3.05) is 32.7 Å². The lowest BCUT2D eigenvalue weighted by Crippen LogP contribution is -2.75. The molecule has 0 N–H and O–H groups in total. The molecule has 1 aliphatic rings. The monoisotopic (exact) mass is 648 g/mol. The number of amides is 1. The highest BCUT2D eigenvalue weighted by Crippen LogP contribution is 2.64. The zero-order valence-electron chi connectivity index (χ0n) is 20.3. The van der Waals surface area contributed by atoms with E-state index < -0.39 is 79.7 Å². The van der Waals surface area contributed by atoms with Gasteiger partial charge >= 0.3 is 47.6 Å². The van der Waals surface area contributed by atoms with Crippen LogP contribution in [-0.2, 0) is 4.79 Å². The van der Waals surface area contributed by atoms with Crippen LogP contribution in [0, 0.1) is 0 Å². The molecule has 1 heterocycles. The van der Waals surface area contributed by atoms with Crippen molar-refractivity contribution in [1.29, 1.82) is 0 Å². The van der Waals surface area contributed by atoms with Gasteiger partial charge in [0.1, 0.15) is 0 Å². The van der Waals surface area contributed by atoms with Crippen molar-refractivity contribution < 1.29 is 79.4 Å². The summed E-state index contributed by atoms with van der Waals surface area (Å²) in [6.07, 6.45) is -4.69. The average molecular weight is 648 g/mol. The molecular formula is C22H17F17N2O. The molecule has 0 saturated carbocycles. The highest BCUT2D eigenvalue weighted by Gasteiger charge is 2.95. The Labute approximate surface area is 224 Å². The Balaban J connectivity index is 2.27. The number of hydrogen-bond acceptors (Lipinski definition) is 2. The van der Waals surface area contributed by atoms with Crippen LogP contribution in [0.25, 0.3) is 6.08 Å². The summed E-state index contributed by atoms with van der Waals surface area (Å²) in [6.45, 7) is -2.64. The SMILES string of the molecule is O=C(N1CCN(C/C=C/c2ccccc2)CC1)C(F)(F)C(F)(F)C(F)(F)C(F)(F)C(F)(F)C(F)(F)C(F)(F)C(F)(F)F. The lowest BCUT2D eigenvalue weighted by molar-refractivity contribution is -0.459. The Morgan fingerprint density at radius 3 is 1.43 bits per heavy atom. The number of halogens is 17. The number of benzene rings is 1. The third-order valence-corrected chi connectivity index (χ3v) is 6.12. The lowest BCUT2D eigenvalue weighted by atomic mass is 9.88. The molecule has 42 heavy (non-hydrogen) atoms. The topological polar surface area (TPSA) is 23.6 Å². The summed E-state index contributed by atoms with van der Waals surface area (Å²) in [5, 5.41) is 0. The number of alkyl halides is 17. The maximum Gasteiger partial charge on any atom is 0.460 e. The molecule has 0 spiro atoms. The van der Waals surface area contributed by atoms with Crippen molar-refractivity contribution >= 4 is 12.0 Å². The molecule has 1 aliphatic heterocycles. The molecule has 0 unspecified atom stereocenters. The quantitative estimate of drug-likeness (QED) is 0.259. The van der Waals surface area contributed by atoms with Gasteiger partial charge in [-0.1, -0.05) is 42.5 Å². The van der Waals surface area contributed by atoms with Gasteiger partial charge in [-0.3, -0.25) is 9.69 Å². The molecule has 0 radical (unpaired) electrons. The second-order valence-corrected chi connectivity index (χ2v) is 8.92. The average Bonchev–Trinajstić information content (AvgIpc) is 2.88. The third-order valence-electron chi connectivity index (χ3n) is 6.12. The second kappa shape index (κ2) is 11.0. The van der Waals surface area contributed by atoms with Crippen LogP contribution in [0.4, 0.5) is 74.6 Å². The lowest BCUT2D eigenvalue weighted by Gasteiger charge is -2.43. The Morgan fingerprint density at radius 1 is 0.595 bits per heavy atom. The van der Waals surface area contributed by atoms with E-state index in [0.29, 0.717) is 0 Å². The molecule has 0 aliphatic carbocycles. The van der Waals surface area contributed by atoms with Crippen molar-refractivity contribution in [3.8, 4) is 0 Å². The van der Waals surface area contributed by atoms with E-state index in [9.17, 15) is 79.4 Å². The van der Waals surface area contributed by atoms with Gasteiger partial charge in [0, 0.05) is 32.7 Å². The van der Waals surface area contributed by atoms with Gasteiger partial charge in [-0.15, -0.1) is 0 Å². The number of piperazine rings is 1. The van der Waals surface area contributed by atoms with Crippen LogP contribution in [0.5, 0.6) is 0 Å². The van der Waals surface area contributed by atoms with Crippen LogP contribution in [0.1, 0.15) is 5.56 Å². The Bertz CT molecular complexity index is 1120. The summed E-state index contributed by atoms with van der Waals surface area (Å²) in [6, 6.07) is 8.45. The van der Waals surface area contributed by atoms with Gasteiger partial charge in [-0.05, 0) is 5.56 Å². The van der Waals surface area contributed by atoms with Crippen LogP contribution in [-0.4, -0.2) is 96.1 Å². The molecule has 1 amide bonds. The van der Waals surface area contributed by atoms with Crippen molar-refractivity contribution in [3.63, 3.8) is 0 Å². The second-order valence-electron chi connectivity index (χ2n) is 8.92. The summed E-state index contributed by atoms with van der Waals surface area (Å²) < 4.78 is 228. The first-order valence-corrected chi connectivity index (χ1v) is 11.2.